The van der Waals surface area contributed by atoms with Gasteiger partial charge >= 0.3 is 5.97 Å². The van der Waals surface area contributed by atoms with E-state index >= 15 is 0 Å². The topological polar surface area (TPSA) is 78.3 Å². The van der Waals surface area contributed by atoms with E-state index in [-0.39, 0.29) is 6.10 Å². The molecule has 7 nitrogen and oxygen atoms in total. The Kier molecular flexibility index (Phi) is 7.63. The molecule has 0 aliphatic carbocycles. The minimum Gasteiger partial charge on any atom is -0.489 e. The van der Waals surface area contributed by atoms with Gasteiger partial charge in [-0.25, -0.2) is 9.48 Å². The predicted molar refractivity (Wildman–Crippen MR) is 137 cm³/mol. The molecule has 1 N–H and O–H groups in total. The maximum Gasteiger partial charge on any atom is 0.338 e. The number of allylic oxidation sites excluding steroid dienone is 1. The lowest BCUT2D eigenvalue weighted by Gasteiger charge is -2.29. The highest BCUT2D eigenvalue weighted by Gasteiger charge is 2.37. The van der Waals surface area contributed by atoms with Crippen molar-refractivity contribution in [2.24, 2.45) is 0 Å². The monoisotopic (exact) mass is 542 g/mol. The van der Waals surface area contributed by atoms with E-state index in [1.165, 1.54) is 0 Å². The van der Waals surface area contributed by atoms with Crippen molar-refractivity contribution < 1.29 is 14.3 Å². The molecule has 1 unspecified atom stereocenters. The fourth-order valence-electron chi connectivity index (χ4n) is 3.75. The van der Waals surface area contributed by atoms with Gasteiger partial charge < -0.3 is 14.8 Å². The maximum absolute atomic E-state index is 13.3. The molecule has 1 atom stereocenters. The number of rotatable bonds is 8. The SMILES string of the molecule is CCSc1nc2n(n1)C(c1cc(Br)ccc1OCc1ccccc1)C(C(=O)OC(C)C)=C(C)N2. The van der Waals surface area contributed by atoms with Crippen LogP contribution < -0.4 is 10.1 Å². The van der Waals surface area contributed by atoms with Crippen LogP contribution in [0.25, 0.3) is 0 Å². The van der Waals surface area contributed by atoms with Crippen molar-refractivity contribution in [2.75, 3.05) is 11.1 Å². The van der Waals surface area contributed by atoms with Gasteiger partial charge in [-0.05, 0) is 50.3 Å². The van der Waals surface area contributed by atoms with Gasteiger partial charge in [-0.2, -0.15) is 4.98 Å². The average Bonchev–Trinajstić information content (AvgIpc) is 3.19. The molecule has 178 valence electrons. The summed E-state index contributed by atoms with van der Waals surface area (Å²) in [6.07, 6.45) is -0.256. The summed E-state index contributed by atoms with van der Waals surface area (Å²) in [7, 11) is 0. The van der Waals surface area contributed by atoms with Gasteiger partial charge in [-0.1, -0.05) is 64.9 Å². The van der Waals surface area contributed by atoms with E-state index < -0.39 is 12.0 Å². The minimum atomic E-state index is -0.565. The number of ether oxygens (including phenoxy) is 2. The molecule has 0 bridgehead atoms. The number of anilines is 1. The number of thioether (sulfide) groups is 1. The average molecular weight is 543 g/mol. The zero-order valence-electron chi connectivity index (χ0n) is 19.5. The second-order valence-corrected chi connectivity index (χ2v) is 10.2. The number of nitrogens with one attached hydrogen (secondary N) is 1. The molecule has 0 amide bonds. The van der Waals surface area contributed by atoms with Gasteiger partial charge in [0.05, 0.1) is 11.7 Å². The lowest BCUT2D eigenvalue weighted by molar-refractivity contribution is -0.143. The summed E-state index contributed by atoms with van der Waals surface area (Å²) in [4.78, 5) is 17.9. The van der Waals surface area contributed by atoms with Gasteiger partial charge in [0.15, 0.2) is 0 Å². The number of carbonyl (C=O) groups is 1. The number of aromatic nitrogens is 3. The third kappa shape index (κ3) is 5.31. The van der Waals surface area contributed by atoms with E-state index in [0.717, 1.165) is 21.4 Å². The molecular weight excluding hydrogens is 516 g/mol. The molecule has 2 heterocycles. The summed E-state index contributed by atoms with van der Waals surface area (Å²) in [5, 5.41) is 8.61. The Balaban J connectivity index is 1.82. The third-order valence-electron chi connectivity index (χ3n) is 5.17. The van der Waals surface area contributed by atoms with Crippen LogP contribution in [0.5, 0.6) is 5.75 Å². The Labute approximate surface area is 212 Å². The molecule has 1 aliphatic heterocycles. The molecule has 0 saturated heterocycles. The van der Waals surface area contributed by atoms with Crippen LogP contribution in [-0.4, -0.2) is 32.6 Å². The van der Waals surface area contributed by atoms with Gasteiger partial charge in [0, 0.05) is 15.7 Å². The fourth-order valence-corrected chi connectivity index (χ4v) is 4.68. The molecule has 1 aliphatic rings. The number of halogens is 1. The summed E-state index contributed by atoms with van der Waals surface area (Å²) in [6.45, 7) is 7.98. The highest BCUT2D eigenvalue weighted by molar-refractivity contribution is 9.10. The first-order chi connectivity index (χ1) is 16.4. The Morgan fingerprint density at radius 2 is 2.00 bits per heavy atom. The van der Waals surface area contributed by atoms with Gasteiger partial charge in [-0.15, -0.1) is 5.10 Å². The first kappa shape index (κ1) is 24.3. The summed E-state index contributed by atoms with van der Waals surface area (Å²) in [6, 6.07) is 15.2. The standard InChI is InChI=1S/C25H27BrN4O3S/c1-5-34-25-28-24-27-16(4)21(23(31)33-15(2)3)22(30(24)29-25)19-13-18(26)11-12-20(19)32-14-17-9-7-6-8-10-17/h6-13,15,22H,5,14H2,1-4H3,(H,27,28,29). The molecule has 0 fully saturated rings. The molecule has 4 rings (SSSR count). The second-order valence-electron chi connectivity index (χ2n) is 8.07. The third-order valence-corrected chi connectivity index (χ3v) is 6.39. The van der Waals surface area contributed by atoms with E-state index in [1.54, 1.807) is 16.4 Å². The minimum absolute atomic E-state index is 0.256. The molecule has 0 saturated carbocycles. The molecule has 0 radical (unpaired) electrons. The van der Waals surface area contributed by atoms with Crippen molar-refractivity contribution in [2.45, 2.75) is 51.6 Å². The summed E-state index contributed by atoms with van der Waals surface area (Å²) < 4.78 is 14.5. The predicted octanol–water partition coefficient (Wildman–Crippen LogP) is 5.97. The number of hydrogen-bond donors (Lipinski definition) is 1. The van der Waals surface area contributed by atoms with Crippen LogP contribution >= 0.6 is 27.7 Å². The van der Waals surface area contributed by atoms with Crippen LogP contribution in [-0.2, 0) is 16.1 Å². The number of nitrogens with zero attached hydrogens (tertiary/aromatic N) is 3. The molecule has 9 heteroatoms. The Hall–Kier alpha value is -2.78. The van der Waals surface area contributed by atoms with Crippen LogP contribution in [0.15, 0.2) is 69.4 Å². The zero-order valence-corrected chi connectivity index (χ0v) is 21.9. The van der Waals surface area contributed by atoms with E-state index in [1.807, 2.05) is 76.2 Å². The molecule has 3 aromatic rings. The Morgan fingerprint density at radius 1 is 1.24 bits per heavy atom. The van der Waals surface area contributed by atoms with E-state index in [2.05, 4.69) is 26.2 Å². The largest absolute Gasteiger partial charge is 0.489 e. The quantitative estimate of drug-likeness (QED) is 0.277. The number of esters is 1. The van der Waals surface area contributed by atoms with Crippen molar-refractivity contribution in [3.05, 3.63) is 75.4 Å². The maximum atomic E-state index is 13.3. The first-order valence-electron chi connectivity index (χ1n) is 11.1. The number of carbonyl (C=O) groups excluding carboxylic acids is 1. The van der Waals surface area contributed by atoms with Crippen LogP contribution in [0.1, 0.15) is 44.9 Å². The number of hydrogen-bond acceptors (Lipinski definition) is 7. The van der Waals surface area contributed by atoms with Crippen LogP contribution in [0.2, 0.25) is 0 Å². The zero-order chi connectivity index (χ0) is 24.2. The Morgan fingerprint density at radius 3 is 2.71 bits per heavy atom. The van der Waals surface area contributed by atoms with Gasteiger partial charge in [0.25, 0.3) is 0 Å². The molecule has 1 aromatic heterocycles. The number of benzene rings is 2. The highest BCUT2D eigenvalue weighted by Crippen LogP contribution is 2.41. The second kappa shape index (κ2) is 10.7. The van der Waals surface area contributed by atoms with E-state index in [9.17, 15) is 4.79 Å². The molecule has 34 heavy (non-hydrogen) atoms. The summed E-state index contributed by atoms with van der Waals surface area (Å²) >= 11 is 5.13. The van der Waals surface area contributed by atoms with E-state index in [4.69, 9.17) is 14.6 Å². The molecular formula is C25H27BrN4O3S. The summed E-state index contributed by atoms with van der Waals surface area (Å²) in [5.74, 6) is 1.68. The van der Waals surface area contributed by atoms with Crippen molar-refractivity contribution >= 4 is 39.6 Å². The lowest BCUT2D eigenvalue weighted by atomic mass is 9.95. The first-order valence-corrected chi connectivity index (χ1v) is 12.9. The van der Waals surface area contributed by atoms with Gasteiger partial charge in [-0.3, -0.25) is 0 Å². The molecule has 0 spiro atoms. The van der Waals surface area contributed by atoms with Crippen LogP contribution in [0.4, 0.5) is 5.95 Å². The summed E-state index contributed by atoms with van der Waals surface area (Å²) in [5.41, 5.74) is 3.00. The Bertz CT molecular complexity index is 1210. The van der Waals surface area contributed by atoms with E-state index in [0.29, 0.717) is 34.7 Å². The van der Waals surface area contributed by atoms with Crippen molar-refractivity contribution in [1.29, 1.82) is 0 Å². The molecule has 2 aromatic carbocycles. The lowest BCUT2D eigenvalue weighted by Crippen LogP contribution is -2.31. The van der Waals surface area contributed by atoms with Crippen LogP contribution in [0.3, 0.4) is 0 Å². The number of fused-ring (bicyclic) bond motifs is 1. The van der Waals surface area contributed by atoms with Crippen molar-refractivity contribution in [1.82, 2.24) is 14.8 Å². The smallest absolute Gasteiger partial charge is 0.338 e. The normalized spacial score (nSPS) is 15.2. The van der Waals surface area contributed by atoms with Gasteiger partial charge in [0.1, 0.15) is 18.4 Å². The van der Waals surface area contributed by atoms with Crippen molar-refractivity contribution in [3.63, 3.8) is 0 Å². The van der Waals surface area contributed by atoms with Crippen LogP contribution in [0, 0.1) is 0 Å². The highest BCUT2D eigenvalue weighted by atomic mass is 79.9. The van der Waals surface area contributed by atoms with Crippen molar-refractivity contribution in [3.8, 4) is 5.75 Å². The van der Waals surface area contributed by atoms with Gasteiger partial charge in [0.2, 0.25) is 11.1 Å². The fraction of sp³-hybridized carbons (Fsp3) is 0.320.